The zero-order valence-electron chi connectivity index (χ0n) is 30.3. The molecule has 56 heavy (non-hydrogen) atoms. The Bertz CT molecular complexity index is 3220. The van der Waals surface area contributed by atoms with Gasteiger partial charge in [0.25, 0.3) is 0 Å². The monoisotopic (exact) mass is 715 g/mol. The van der Waals surface area contributed by atoms with E-state index >= 15 is 0 Å². The van der Waals surface area contributed by atoms with Crippen LogP contribution in [0.1, 0.15) is 0 Å². The van der Waals surface area contributed by atoms with Crippen LogP contribution < -0.4 is 0 Å². The topological polar surface area (TPSA) is 48.5 Å². The van der Waals surface area contributed by atoms with Crippen molar-refractivity contribution in [3.63, 3.8) is 0 Å². The Kier molecular flexibility index (Phi) is 7.42. The highest BCUT2D eigenvalue weighted by Crippen LogP contribution is 2.42. The molecule has 3 heterocycles. The van der Waals surface area contributed by atoms with Crippen LogP contribution in [0.4, 0.5) is 0 Å². The average Bonchev–Trinajstić information content (AvgIpc) is 3.80. The molecule has 0 amide bonds. The van der Waals surface area contributed by atoms with E-state index in [9.17, 15) is 0 Å². The molecule has 262 valence electrons. The lowest BCUT2D eigenvalue weighted by Gasteiger charge is -2.12. The SMILES string of the molecule is c1ccc(-c2ccc(-n3c4ccccc4c4c3ccc3c5ccccc5n(-c5nc(-c6ccccc6)nc(-c6cccc(-c7ccccc7)c6)n5)c34)cc2)cc1. The lowest BCUT2D eigenvalue weighted by molar-refractivity contribution is 0.955. The molecule has 11 aromatic rings. The van der Waals surface area contributed by atoms with E-state index < -0.39 is 0 Å². The summed E-state index contributed by atoms with van der Waals surface area (Å²) in [6, 6.07) is 70.3. The Labute approximate surface area is 323 Å². The quantitative estimate of drug-likeness (QED) is 0.172. The molecular weight excluding hydrogens is 683 g/mol. The fourth-order valence-electron chi connectivity index (χ4n) is 8.21. The third kappa shape index (κ3) is 5.21. The summed E-state index contributed by atoms with van der Waals surface area (Å²) in [5, 5.41) is 4.60. The second-order valence-corrected chi connectivity index (χ2v) is 14.1. The van der Waals surface area contributed by atoms with E-state index in [4.69, 9.17) is 15.0 Å². The molecule has 5 nitrogen and oxygen atoms in total. The highest BCUT2D eigenvalue weighted by Gasteiger charge is 2.23. The van der Waals surface area contributed by atoms with Crippen LogP contribution in [0.25, 0.3) is 100 Å². The molecule has 0 fully saturated rings. The van der Waals surface area contributed by atoms with Crippen LogP contribution in [0.2, 0.25) is 0 Å². The Morgan fingerprint density at radius 3 is 1.52 bits per heavy atom. The predicted molar refractivity (Wildman–Crippen MR) is 230 cm³/mol. The van der Waals surface area contributed by atoms with Crippen molar-refractivity contribution in [3.8, 4) is 56.7 Å². The first-order valence-corrected chi connectivity index (χ1v) is 18.9. The van der Waals surface area contributed by atoms with Crippen LogP contribution in [0.15, 0.2) is 200 Å². The Hall–Kier alpha value is -7.63. The van der Waals surface area contributed by atoms with E-state index in [-0.39, 0.29) is 0 Å². The van der Waals surface area contributed by atoms with Gasteiger partial charge >= 0.3 is 0 Å². The van der Waals surface area contributed by atoms with Crippen molar-refractivity contribution >= 4 is 43.6 Å². The van der Waals surface area contributed by atoms with E-state index in [1.807, 2.05) is 24.3 Å². The van der Waals surface area contributed by atoms with Gasteiger partial charge in [-0.15, -0.1) is 0 Å². The lowest BCUT2D eigenvalue weighted by atomic mass is 10.0. The largest absolute Gasteiger partial charge is 0.309 e. The summed E-state index contributed by atoms with van der Waals surface area (Å²) in [5.41, 5.74) is 11.9. The van der Waals surface area contributed by atoms with Gasteiger partial charge in [0.2, 0.25) is 5.95 Å². The van der Waals surface area contributed by atoms with E-state index in [2.05, 4.69) is 185 Å². The fourth-order valence-corrected chi connectivity index (χ4v) is 8.21. The van der Waals surface area contributed by atoms with Crippen LogP contribution in [0.3, 0.4) is 0 Å². The van der Waals surface area contributed by atoms with Crippen molar-refractivity contribution in [1.82, 2.24) is 24.1 Å². The van der Waals surface area contributed by atoms with Gasteiger partial charge in [-0.05, 0) is 58.7 Å². The van der Waals surface area contributed by atoms with Crippen LogP contribution in [0, 0.1) is 0 Å². The Morgan fingerprint density at radius 2 is 0.821 bits per heavy atom. The van der Waals surface area contributed by atoms with Crippen molar-refractivity contribution in [2.75, 3.05) is 0 Å². The van der Waals surface area contributed by atoms with Crippen molar-refractivity contribution in [2.45, 2.75) is 0 Å². The average molecular weight is 716 g/mol. The van der Waals surface area contributed by atoms with Gasteiger partial charge in [-0.2, -0.15) is 9.97 Å². The van der Waals surface area contributed by atoms with Crippen molar-refractivity contribution in [3.05, 3.63) is 200 Å². The summed E-state index contributed by atoms with van der Waals surface area (Å²) in [5.74, 6) is 1.81. The Balaban J connectivity index is 1.19. The molecule has 0 saturated carbocycles. The number of fused-ring (bicyclic) bond motifs is 7. The van der Waals surface area contributed by atoms with Gasteiger partial charge in [0.15, 0.2) is 11.6 Å². The maximum atomic E-state index is 5.33. The normalized spacial score (nSPS) is 11.6. The summed E-state index contributed by atoms with van der Waals surface area (Å²) >= 11 is 0. The number of hydrogen-bond donors (Lipinski definition) is 0. The van der Waals surface area contributed by atoms with Gasteiger partial charge in [-0.1, -0.05) is 164 Å². The summed E-state index contributed by atoms with van der Waals surface area (Å²) in [6.07, 6.45) is 0. The molecule has 0 radical (unpaired) electrons. The van der Waals surface area contributed by atoms with E-state index in [1.165, 1.54) is 11.1 Å². The van der Waals surface area contributed by atoms with Gasteiger partial charge in [0, 0.05) is 38.4 Å². The van der Waals surface area contributed by atoms with Crippen LogP contribution >= 0.6 is 0 Å². The third-order valence-corrected chi connectivity index (χ3v) is 10.8. The number of hydrogen-bond acceptors (Lipinski definition) is 3. The summed E-state index contributed by atoms with van der Waals surface area (Å²) in [7, 11) is 0. The number of para-hydroxylation sites is 2. The van der Waals surface area contributed by atoms with Crippen molar-refractivity contribution < 1.29 is 0 Å². The number of benzene rings is 8. The highest BCUT2D eigenvalue weighted by molar-refractivity contribution is 6.26. The molecule has 0 unspecified atom stereocenters. The summed E-state index contributed by atoms with van der Waals surface area (Å²) < 4.78 is 4.63. The number of rotatable bonds is 6. The van der Waals surface area contributed by atoms with Gasteiger partial charge < -0.3 is 4.57 Å². The maximum Gasteiger partial charge on any atom is 0.238 e. The zero-order valence-corrected chi connectivity index (χ0v) is 30.3. The second-order valence-electron chi connectivity index (χ2n) is 14.1. The molecule has 8 aromatic carbocycles. The highest BCUT2D eigenvalue weighted by atomic mass is 15.2. The lowest BCUT2D eigenvalue weighted by Crippen LogP contribution is -2.06. The van der Waals surface area contributed by atoms with Crippen LogP contribution in [0.5, 0.6) is 0 Å². The minimum Gasteiger partial charge on any atom is -0.309 e. The molecule has 0 saturated heterocycles. The number of nitrogens with zero attached hydrogens (tertiary/aromatic N) is 5. The minimum atomic E-state index is 0.571. The van der Waals surface area contributed by atoms with Gasteiger partial charge in [-0.3, -0.25) is 4.57 Å². The van der Waals surface area contributed by atoms with E-state index in [0.717, 1.165) is 71.6 Å². The van der Waals surface area contributed by atoms with E-state index in [0.29, 0.717) is 17.6 Å². The van der Waals surface area contributed by atoms with Crippen LogP contribution in [-0.4, -0.2) is 24.1 Å². The fraction of sp³-hybridized carbons (Fsp3) is 0. The van der Waals surface area contributed by atoms with Gasteiger partial charge in [-0.25, -0.2) is 4.98 Å². The predicted octanol–water partition coefficient (Wildman–Crippen LogP) is 12.7. The third-order valence-electron chi connectivity index (χ3n) is 10.8. The smallest absolute Gasteiger partial charge is 0.238 e. The molecule has 0 aliphatic carbocycles. The zero-order chi connectivity index (χ0) is 37.0. The first kappa shape index (κ1) is 31.9. The van der Waals surface area contributed by atoms with Gasteiger partial charge in [0.05, 0.1) is 22.1 Å². The molecule has 0 spiro atoms. The summed E-state index contributed by atoms with van der Waals surface area (Å²) in [6.45, 7) is 0. The molecule has 0 aliphatic rings. The van der Waals surface area contributed by atoms with Gasteiger partial charge in [0.1, 0.15) is 0 Å². The minimum absolute atomic E-state index is 0.571. The summed E-state index contributed by atoms with van der Waals surface area (Å²) in [4.78, 5) is 15.7. The maximum absolute atomic E-state index is 5.33. The standard InChI is InChI=1S/C51H33N5/c1-4-15-34(16-5-1)36-27-29-40(30-28-36)55-45-26-13-11-24-43(45)47-46(55)32-31-42-41-23-10-12-25-44(41)56(48(42)47)51-53-49(37-19-8-3-9-20-37)52-50(54-51)39-22-14-21-38(33-39)35-17-6-2-7-18-35/h1-33H. The molecule has 3 aromatic heterocycles. The molecule has 11 rings (SSSR count). The molecular formula is C51H33N5. The van der Waals surface area contributed by atoms with Crippen molar-refractivity contribution in [1.29, 1.82) is 0 Å². The first-order valence-electron chi connectivity index (χ1n) is 18.9. The van der Waals surface area contributed by atoms with Crippen LogP contribution in [-0.2, 0) is 0 Å². The van der Waals surface area contributed by atoms with Crippen molar-refractivity contribution in [2.24, 2.45) is 0 Å². The molecule has 0 aliphatic heterocycles. The van der Waals surface area contributed by atoms with E-state index in [1.54, 1.807) is 0 Å². The molecule has 0 atom stereocenters. The Morgan fingerprint density at radius 1 is 0.304 bits per heavy atom. The second kappa shape index (κ2) is 13.0. The number of aromatic nitrogens is 5. The molecule has 5 heteroatoms. The molecule has 0 bridgehead atoms. The molecule has 0 N–H and O–H groups in total. The first-order chi connectivity index (χ1) is 27.8.